The van der Waals surface area contributed by atoms with Gasteiger partial charge in [-0.1, -0.05) is 60.7 Å². The summed E-state index contributed by atoms with van der Waals surface area (Å²) in [7, 11) is 1.51. The molecule has 0 amide bonds. The first-order chi connectivity index (χ1) is 17.7. The van der Waals surface area contributed by atoms with E-state index in [4.69, 9.17) is 23.7 Å². The van der Waals surface area contributed by atoms with Gasteiger partial charge in [-0.2, -0.15) is 0 Å². The Hall–Kier alpha value is -3.12. The van der Waals surface area contributed by atoms with Gasteiger partial charge in [-0.3, -0.25) is 14.3 Å². The van der Waals surface area contributed by atoms with E-state index in [1.54, 1.807) is 62.4 Å². The van der Waals surface area contributed by atoms with Crippen LogP contribution in [0.2, 0.25) is 0 Å². The summed E-state index contributed by atoms with van der Waals surface area (Å²) in [6.07, 6.45) is -2.91. The maximum atomic E-state index is 13.4. The molecule has 2 aliphatic rings. The fraction of sp³-hybridized carbons (Fsp3) is 0.407. The first-order valence-corrected chi connectivity index (χ1v) is 12.0. The summed E-state index contributed by atoms with van der Waals surface area (Å²) < 4.78 is 30.3. The smallest absolute Gasteiger partial charge is 0.330 e. The van der Waals surface area contributed by atoms with Gasteiger partial charge in [0.15, 0.2) is 17.6 Å². The summed E-state index contributed by atoms with van der Waals surface area (Å²) in [5.74, 6) is -0.946. The van der Waals surface area contributed by atoms with Gasteiger partial charge >= 0.3 is 5.69 Å². The lowest BCUT2D eigenvalue weighted by molar-refractivity contribution is -0.206. The largest absolute Gasteiger partial charge is 0.375 e. The molecule has 2 N–H and O–H groups in total. The van der Waals surface area contributed by atoms with Crippen molar-refractivity contribution in [1.29, 1.82) is 0 Å². The average Bonchev–Trinajstić information content (AvgIpc) is 3.37. The zero-order valence-corrected chi connectivity index (χ0v) is 20.8. The molecule has 5 rings (SSSR count). The highest BCUT2D eigenvalue weighted by Gasteiger charge is 2.57. The van der Waals surface area contributed by atoms with Crippen molar-refractivity contribution in [2.45, 2.75) is 49.8 Å². The van der Waals surface area contributed by atoms with Gasteiger partial charge in [-0.25, -0.2) is 4.79 Å². The lowest BCUT2D eigenvalue weighted by Gasteiger charge is -2.34. The highest BCUT2D eigenvalue weighted by molar-refractivity contribution is 5.44. The topological polar surface area (TPSA) is 121 Å². The number of nitrogens with zero attached hydrogens (tertiary/aromatic N) is 1. The number of aromatic amines is 1. The molecule has 0 aliphatic carbocycles. The molecule has 4 atom stereocenters. The van der Waals surface area contributed by atoms with E-state index in [0.29, 0.717) is 11.1 Å². The summed E-state index contributed by atoms with van der Waals surface area (Å²) in [4.78, 5) is 28.4. The summed E-state index contributed by atoms with van der Waals surface area (Å²) in [6, 6.07) is 18.9. The van der Waals surface area contributed by atoms with E-state index >= 15 is 0 Å². The average molecular weight is 511 g/mol. The van der Waals surface area contributed by atoms with Gasteiger partial charge in [0.25, 0.3) is 5.56 Å². The lowest BCUT2D eigenvalue weighted by Crippen LogP contribution is -2.45. The van der Waals surface area contributed by atoms with E-state index in [1.807, 2.05) is 12.1 Å². The Bertz CT molecular complexity index is 1300. The summed E-state index contributed by atoms with van der Waals surface area (Å²) in [6.45, 7) is 3.73. The van der Waals surface area contributed by atoms with E-state index in [9.17, 15) is 14.7 Å². The minimum Gasteiger partial charge on any atom is -0.375 e. The van der Waals surface area contributed by atoms with Crippen LogP contribution in [0.25, 0.3) is 0 Å². The van der Waals surface area contributed by atoms with Crippen molar-refractivity contribution in [3.8, 4) is 0 Å². The molecule has 1 aromatic heterocycles. The molecule has 3 heterocycles. The van der Waals surface area contributed by atoms with Crippen molar-refractivity contribution >= 4 is 0 Å². The number of fused-ring (bicyclic) bond motifs is 1. The van der Waals surface area contributed by atoms with Gasteiger partial charge in [0.1, 0.15) is 25.1 Å². The molecule has 0 unspecified atom stereocenters. The van der Waals surface area contributed by atoms with Crippen LogP contribution in [0, 0.1) is 0 Å². The van der Waals surface area contributed by atoms with Crippen LogP contribution >= 0.6 is 0 Å². The quantitative estimate of drug-likeness (QED) is 0.348. The highest BCUT2D eigenvalue weighted by Crippen LogP contribution is 2.45. The van der Waals surface area contributed by atoms with Crippen LogP contribution in [0.5, 0.6) is 0 Å². The maximum Gasteiger partial charge on any atom is 0.330 e. The van der Waals surface area contributed by atoms with E-state index in [0.717, 1.165) is 0 Å². The number of benzene rings is 2. The van der Waals surface area contributed by atoms with Crippen molar-refractivity contribution in [3.05, 3.63) is 104 Å². The summed E-state index contributed by atoms with van der Waals surface area (Å²) in [5.41, 5.74) is -2.29. The van der Waals surface area contributed by atoms with E-state index in [1.165, 1.54) is 17.7 Å². The number of aromatic nitrogens is 2. The predicted molar refractivity (Wildman–Crippen MR) is 132 cm³/mol. The van der Waals surface area contributed by atoms with Crippen LogP contribution in [0.1, 0.15) is 36.9 Å². The van der Waals surface area contributed by atoms with Crippen LogP contribution in [0.4, 0.5) is 0 Å². The molecule has 196 valence electrons. The molecule has 10 nitrogen and oxygen atoms in total. The number of ether oxygens (including phenoxy) is 5. The zero-order valence-electron chi connectivity index (χ0n) is 20.8. The van der Waals surface area contributed by atoms with Gasteiger partial charge in [0, 0.05) is 13.2 Å². The van der Waals surface area contributed by atoms with Crippen LogP contribution in [-0.2, 0) is 29.3 Å². The third-order valence-corrected chi connectivity index (χ3v) is 6.59. The monoisotopic (exact) mass is 510 g/mol. The number of aliphatic hydroxyl groups is 1. The number of methoxy groups -OCH3 is 1. The molecule has 2 aliphatic heterocycles. The Balaban J connectivity index is 1.69. The third kappa shape index (κ3) is 4.68. The molecule has 2 saturated heterocycles. The van der Waals surface area contributed by atoms with Crippen molar-refractivity contribution in [1.82, 2.24) is 9.55 Å². The van der Waals surface area contributed by atoms with Crippen LogP contribution in [0.15, 0.2) is 76.3 Å². The van der Waals surface area contributed by atoms with Gasteiger partial charge in [0.2, 0.25) is 0 Å². The fourth-order valence-electron chi connectivity index (χ4n) is 5.11. The van der Waals surface area contributed by atoms with E-state index in [2.05, 4.69) is 4.98 Å². The van der Waals surface area contributed by atoms with Gasteiger partial charge < -0.3 is 28.8 Å². The minimum atomic E-state index is -1.87. The Morgan fingerprint density at radius 1 is 1.00 bits per heavy atom. The van der Waals surface area contributed by atoms with Gasteiger partial charge in [-0.05, 0) is 25.0 Å². The molecule has 2 aromatic carbocycles. The molecule has 0 bridgehead atoms. The van der Waals surface area contributed by atoms with Crippen molar-refractivity contribution in [2.24, 2.45) is 0 Å². The van der Waals surface area contributed by atoms with Gasteiger partial charge in [0.05, 0.1) is 12.3 Å². The fourth-order valence-corrected chi connectivity index (χ4v) is 5.11. The van der Waals surface area contributed by atoms with Crippen molar-refractivity contribution in [3.63, 3.8) is 0 Å². The summed E-state index contributed by atoms with van der Waals surface area (Å²) in [5, 5.41) is 12.4. The number of rotatable bonds is 8. The lowest BCUT2D eigenvalue weighted by atomic mass is 9.83. The Kier molecular flexibility index (Phi) is 6.88. The number of H-pyrrole nitrogens is 1. The van der Waals surface area contributed by atoms with E-state index in [-0.39, 0.29) is 19.1 Å². The molecule has 0 saturated carbocycles. The van der Waals surface area contributed by atoms with E-state index < -0.39 is 47.2 Å². The Morgan fingerprint density at radius 2 is 1.59 bits per heavy atom. The molecular weight excluding hydrogens is 480 g/mol. The maximum absolute atomic E-state index is 13.4. The Morgan fingerprint density at radius 3 is 2.19 bits per heavy atom. The number of hydrogen-bond acceptors (Lipinski definition) is 8. The molecular formula is C27H30N2O8. The normalized spacial score (nSPS) is 24.8. The third-order valence-electron chi connectivity index (χ3n) is 6.59. The van der Waals surface area contributed by atoms with Crippen LogP contribution in [-0.4, -0.2) is 59.3 Å². The minimum absolute atomic E-state index is 0.0363. The second-order valence-electron chi connectivity index (χ2n) is 9.54. The molecule has 0 radical (unpaired) electrons. The standard InChI is InChI=1S/C27H30N2O8/c1-26(2)36-22-19(15-34-16-33-3)35-24(23(22)37-26)29-20(14-21(30)28-25(29)31)27(32,17-10-6-4-7-11-17)18-12-8-5-9-13-18/h4-14,19,22-24,32H,15-16H2,1-3H3,(H,28,30,31)/t19-,22-,23-,24-/m1/s1. The highest BCUT2D eigenvalue weighted by atomic mass is 16.8. The predicted octanol–water partition coefficient (Wildman–Crippen LogP) is 1.86. The van der Waals surface area contributed by atoms with Crippen molar-refractivity contribution < 1.29 is 28.8 Å². The first kappa shape index (κ1) is 25.5. The van der Waals surface area contributed by atoms with Crippen LogP contribution < -0.4 is 11.2 Å². The number of nitrogens with one attached hydrogen (secondary N) is 1. The molecule has 3 aromatic rings. The zero-order chi connectivity index (χ0) is 26.2. The first-order valence-electron chi connectivity index (χ1n) is 12.0. The van der Waals surface area contributed by atoms with Crippen LogP contribution in [0.3, 0.4) is 0 Å². The molecule has 2 fully saturated rings. The molecule has 10 heteroatoms. The second kappa shape index (κ2) is 9.97. The Labute approximate surface area is 213 Å². The second-order valence-corrected chi connectivity index (χ2v) is 9.54. The number of hydrogen-bond donors (Lipinski definition) is 2. The molecule has 0 spiro atoms. The van der Waals surface area contributed by atoms with Crippen molar-refractivity contribution in [2.75, 3.05) is 20.5 Å². The van der Waals surface area contributed by atoms with Gasteiger partial charge in [-0.15, -0.1) is 0 Å². The molecule has 37 heavy (non-hydrogen) atoms. The summed E-state index contributed by atoms with van der Waals surface area (Å²) >= 11 is 0. The SMILES string of the molecule is COCOC[C@H]1O[C@@H](n2c(C(O)(c3ccccc3)c3ccccc3)cc(=O)[nH]c2=O)[C@@H]2OC(C)(C)O[C@@H]21.